The Balaban J connectivity index is 2.11. The highest BCUT2D eigenvalue weighted by Crippen LogP contribution is 2.26. The van der Waals surface area contributed by atoms with Crippen LogP contribution in [0.3, 0.4) is 0 Å². The molecule has 1 N–H and O–H groups in total. The molecule has 0 amide bonds. The molecule has 4 heteroatoms. The Morgan fingerprint density at radius 2 is 1.95 bits per heavy atom. The van der Waals surface area contributed by atoms with Crippen LogP contribution in [0.5, 0.6) is 11.5 Å². The minimum Gasteiger partial charge on any atom is -0.457 e. The average molecular weight is 271 g/mol. The molecule has 1 aromatic carbocycles. The Morgan fingerprint density at radius 1 is 1.15 bits per heavy atom. The molecule has 0 saturated heterocycles. The third kappa shape index (κ3) is 3.88. The van der Waals surface area contributed by atoms with Crippen LogP contribution in [0.1, 0.15) is 13.3 Å². The summed E-state index contributed by atoms with van der Waals surface area (Å²) in [7, 11) is 4.02. The summed E-state index contributed by atoms with van der Waals surface area (Å²) in [5.74, 6) is 2.45. The first-order chi connectivity index (χ1) is 9.69. The van der Waals surface area contributed by atoms with Gasteiger partial charge in [0.2, 0.25) is 0 Å². The third-order valence-electron chi connectivity index (χ3n) is 2.86. The van der Waals surface area contributed by atoms with E-state index < -0.39 is 0 Å². The van der Waals surface area contributed by atoms with Crippen molar-refractivity contribution in [2.75, 3.05) is 30.9 Å². The number of aromatic nitrogens is 1. The van der Waals surface area contributed by atoms with Gasteiger partial charge in [0, 0.05) is 44.7 Å². The lowest BCUT2D eigenvalue weighted by Crippen LogP contribution is -2.08. The fraction of sp³-hybridized carbons (Fsp3) is 0.312. The number of ether oxygens (including phenoxy) is 1. The smallest absolute Gasteiger partial charge is 0.132 e. The maximum absolute atomic E-state index is 5.88. The van der Waals surface area contributed by atoms with Crippen LogP contribution in [0.2, 0.25) is 0 Å². The van der Waals surface area contributed by atoms with Gasteiger partial charge in [0.1, 0.15) is 17.3 Å². The lowest BCUT2D eigenvalue weighted by Gasteiger charge is -2.14. The van der Waals surface area contributed by atoms with Crippen molar-refractivity contribution in [2.24, 2.45) is 0 Å². The molecule has 0 aliphatic rings. The van der Waals surface area contributed by atoms with E-state index in [2.05, 4.69) is 17.2 Å². The lowest BCUT2D eigenvalue weighted by atomic mass is 10.3. The van der Waals surface area contributed by atoms with Gasteiger partial charge in [0.05, 0.1) is 0 Å². The molecule has 0 aliphatic carbocycles. The van der Waals surface area contributed by atoms with Gasteiger partial charge in [0.25, 0.3) is 0 Å². The second kappa shape index (κ2) is 6.80. The SMILES string of the molecule is CCCNc1cc(Oc2cccc(N(C)C)c2)ccn1. The van der Waals surface area contributed by atoms with Gasteiger partial charge < -0.3 is 15.0 Å². The van der Waals surface area contributed by atoms with Crippen LogP contribution < -0.4 is 15.0 Å². The van der Waals surface area contributed by atoms with E-state index in [4.69, 9.17) is 4.74 Å². The van der Waals surface area contributed by atoms with E-state index in [1.807, 2.05) is 55.4 Å². The van der Waals surface area contributed by atoms with Gasteiger partial charge >= 0.3 is 0 Å². The number of nitrogens with one attached hydrogen (secondary N) is 1. The summed E-state index contributed by atoms with van der Waals surface area (Å²) in [6, 6.07) is 11.8. The van der Waals surface area contributed by atoms with Crippen molar-refractivity contribution in [2.45, 2.75) is 13.3 Å². The minimum atomic E-state index is 0.787. The summed E-state index contributed by atoms with van der Waals surface area (Å²) in [6.45, 7) is 3.03. The number of rotatable bonds is 6. The first kappa shape index (κ1) is 14.2. The van der Waals surface area contributed by atoms with Crippen LogP contribution >= 0.6 is 0 Å². The van der Waals surface area contributed by atoms with Crippen molar-refractivity contribution in [3.05, 3.63) is 42.6 Å². The number of hydrogen-bond donors (Lipinski definition) is 1. The second-order valence-electron chi connectivity index (χ2n) is 4.80. The topological polar surface area (TPSA) is 37.4 Å². The van der Waals surface area contributed by atoms with Crippen LogP contribution in [-0.2, 0) is 0 Å². The highest BCUT2D eigenvalue weighted by atomic mass is 16.5. The highest BCUT2D eigenvalue weighted by molar-refractivity contribution is 5.51. The molecule has 0 radical (unpaired) electrons. The number of nitrogens with zero attached hydrogens (tertiary/aromatic N) is 2. The Labute approximate surface area is 120 Å². The van der Waals surface area contributed by atoms with Crippen molar-refractivity contribution >= 4 is 11.5 Å². The van der Waals surface area contributed by atoms with Crippen molar-refractivity contribution < 1.29 is 4.74 Å². The molecule has 2 aromatic rings. The first-order valence-electron chi connectivity index (χ1n) is 6.84. The quantitative estimate of drug-likeness (QED) is 0.868. The van der Waals surface area contributed by atoms with Crippen LogP contribution in [0.25, 0.3) is 0 Å². The van der Waals surface area contributed by atoms with E-state index in [1.54, 1.807) is 6.20 Å². The Hall–Kier alpha value is -2.23. The summed E-state index contributed by atoms with van der Waals surface area (Å²) in [4.78, 5) is 6.31. The molecule has 106 valence electrons. The molecule has 0 saturated carbocycles. The van der Waals surface area contributed by atoms with Gasteiger partial charge in [-0.1, -0.05) is 13.0 Å². The van der Waals surface area contributed by atoms with Crippen molar-refractivity contribution in [3.8, 4) is 11.5 Å². The zero-order valence-corrected chi connectivity index (χ0v) is 12.3. The van der Waals surface area contributed by atoms with Crippen molar-refractivity contribution in [3.63, 3.8) is 0 Å². The average Bonchev–Trinajstić information content (AvgIpc) is 2.46. The predicted molar refractivity (Wildman–Crippen MR) is 83.9 cm³/mol. The molecule has 0 unspecified atom stereocenters. The molecule has 1 aromatic heterocycles. The fourth-order valence-electron chi connectivity index (χ4n) is 1.79. The Kier molecular flexibility index (Phi) is 4.82. The van der Waals surface area contributed by atoms with Gasteiger partial charge in [0.15, 0.2) is 0 Å². The summed E-state index contributed by atoms with van der Waals surface area (Å²) in [5, 5.41) is 3.25. The highest BCUT2D eigenvalue weighted by Gasteiger charge is 2.02. The van der Waals surface area contributed by atoms with Gasteiger partial charge in [-0.3, -0.25) is 0 Å². The monoisotopic (exact) mass is 271 g/mol. The molecular formula is C16H21N3O. The molecule has 0 atom stereocenters. The van der Waals surface area contributed by atoms with Crippen molar-refractivity contribution in [1.29, 1.82) is 0 Å². The predicted octanol–water partition coefficient (Wildman–Crippen LogP) is 3.76. The number of hydrogen-bond acceptors (Lipinski definition) is 4. The lowest BCUT2D eigenvalue weighted by molar-refractivity contribution is 0.482. The maximum Gasteiger partial charge on any atom is 0.132 e. The first-order valence-corrected chi connectivity index (χ1v) is 6.84. The Morgan fingerprint density at radius 3 is 2.70 bits per heavy atom. The number of benzene rings is 1. The van der Waals surface area contributed by atoms with Crippen molar-refractivity contribution in [1.82, 2.24) is 4.98 Å². The van der Waals surface area contributed by atoms with E-state index in [0.717, 1.165) is 36.0 Å². The largest absolute Gasteiger partial charge is 0.457 e. The van der Waals surface area contributed by atoms with Crippen LogP contribution in [0.15, 0.2) is 42.6 Å². The molecule has 0 bridgehead atoms. The van der Waals surface area contributed by atoms with Crippen LogP contribution in [0.4, 0.5) is 11.5 Å². The van der Waals surface area contributed by atoms with E-state index in [9.17, 15) is 0 Å². The van der Waals surface area contributed by atoms with Gasteiger partial charge in [-0.2, -0.15) is 0 Å². The van der Waals surface area contributed by atoms with Crippen LogP contribution in [-0.4, -0.2) is 25.6 Å². The summed E-state index contributed by atoms with van der Waals surface area (Å²) >= 11 is 0. The molecule has 0 spiro atoms. The normalized spacial score (nSPS) is 10.2. The molecule has 20 heavy (non-hydrogen) atoms. The molecular weight excluding hydrogens is 250 g/mol. The van der Waals surface area contributed by atoms with Gasteiger partial charge in [-0.15, -0.1) is 0 Å². The maximum atomic E-state index is 5.88. The molecule has 0 aliphatic heterocycles. The zero-order valence-electron chi connectivity index (χ0n) is 12.3. The molecule has 2 rings (SSSR count). The third-order valence-corrected chi connectivity index (χ3v) is 2.86. The van der Waals surface area contributed by atoms with Crippen LogP contribution in [0, 0.1) is 0 Å². The standard InChI is InChI=1S/C16H21N3O/c1-4-9-17-16-12-15(8-10-18-16)20-14-7-5-6-13(11-14)19(2)3/h5-8,10-12H,4,9H2,1-3H3,(H,17,18). The van der Waals surface area contributed by atoms with E-state index >= 15 is 0 Å². The molecule has 1 heterocycles. The number of pyridine rings is 1. The second-order valence-corrected chi connectivity index (χ2v) is 4.80. The zero-order chi connectivity index (χ0) is 14.4. The summed E-state index contributed by atoms with van der Waals surface area (Å²) < 4.78 is 5.88. The van der Waals surface area contributed by atoms with Gasteiger partial charge in [-0.25, -0.2) is 4.98 Å². The van der Waals surface area contributed by atoms with E-state index in [0.29, 0.717) is 0 Å². The summed E-state index contributed by atoms with van der Waals surface area (Å²) in [5.41, 5.74) is 1.11. The minimum absolute atomic E-state index is 0.787. The number of anilines is 2. The Bertz CT molecular complexity index is 555. The fourth-order valence-corrected chi connectivity index (χ4v) is 1.79. The van der Waals surface area contributed by atoms with E-state index in [-0.39, 0.29) is 0 Å². The molecule has 4 nitrogen and oxygen atoms in total. The van der Waals surface area contributed by atoms with Gasteiger partial charge in [-0.05, 0) is 24.6 Å². The molecule has 0 fully saturated rings. The summed E-state index contributed by atoms with van der Waals surface area (Å²) in [6.07, 6.45) is 2.82. The van der Waals surface area contributed by atoms with E-state index in [1.165, 1.54) is 0 Å².